The SMILES string of the molecule is COc1c(Br)cc(C)c(C2(C(=O)O)CCCC2)c1OC. The van der Waals surface area contributed by atoms with Crippen molar-refractivity contribution in [2.45, 2.75) is 38.0 Å². The Bertz CT molecular complexity index is 533. The van der Waals surface area contributed by atoms with Crippen LogP contribution in [0.3, 0.4) is 0 Å². The van der Waals surface area contributed by atoms with E-state index in [1.807, 2.05) is 13.0 Å². The molecule has 0 spiro atoms. The third-order valence-electron chi connectivity index (χ3n) is 4.14. The van der Waals surface area contributed by atoms with Crippen LogP contribution in [0.1, 0.15) is 36.8 Å². The number of hydrogen-bond acceptors (Lipinski definition) is 3. The Labute approximate surface area is 127 Å². The van der Waals surface area contributed by atoms with Crippen molar-refractivity contribution in [2.24, 2.45) is 0 Å². The molecular formula is C15H19BrO4. The van der Waals surface area contributed by atoms with Gasteiger partial charge in [-0.3, -0.25) is 4.79 Å². The summed E-state index contributed by atoms with van der Waals surface area (Å²) in [6.07, 6.45) is 3.13. The quantitative estimate of drug-likeness (QED) is 0.906. The van der Waals surface area contributed by atoms with Gasteiger partial charge in [0.25, 0.3) is 0 Å². The Hall–Kier alpha value is -1.23. The van der Waals surface area contributed by atoms with Gasteiger partial charge in [-0.25, -0.2) is 0 Å². The summed E-state index contributed by atoms with van der Waals surface area (Å²) in [6.45, 7) is 1.92. The highest BCUT2D eigenvalue weighted by Gasteiger charge is 2.46. The molecule has 1 aromatic rings. The molecule has 4 nitrogen and oxygen atoms in total. The zero-order chi connectivity index (χ0) is 14.9. The van der Waals surface area contributed by atoms with E-state index in [0.29, 0.717) is 24.3 Å². The smallest absolute Gasteiger partial charge is 0.314 e. The number of halogens is 1. The summed E-state index contributed by atoms with van der Waals surface area (Å²) in [7, 11) is 3.11. The maximum absolute atomic E-state index is 11.9. The Morgan fingerprint density at radius 1 is 1.25 bits per heavy atom. The first-order chi connectivity index (χ1) is 9.47. The average molecular weight is 343 g/mol. The standard InChI is InChI=1S/C15H19BrO4/c1-9-8-10(16)12(19-2)13(20-3)11(9)15(14(17)18)6-4-5-7-15/h8H,4-7H2,1-3H3,(H,17,18). The molecule has 0 atom stereocenters. The molecule has 1 aliphatic rings. The lowest BCUT2D eigenvalue weighted by atomic mass is 9.76. The summed E-state index contributed by atoms with van der Waals surface area (Å²) < 4.78 is 11.7. The third-order valence-corrected chi connectivity index (χ3v) is 4.73. The Morgan fingerprint density at radius 2 is 1.80 bits per heavy atom. The van der Waals surface area contributed by atoms with Crippen LogP contribution in [0.15, 0.2) is 10.5 Å². The average Bonchev–Trinajstić information content (AvgIpc) is 2.88. The molecule has 0 radical (unpaired) electrons. The molecule has 0 aliphatic heterocycles. The number of aliphatic carboxylic acids is 1. The maximum Gasteiger partial charge on any atom is 0.314 e. The second-order valence-corrected chi connectivity index (χ2v) is 6.07. The molecule has 1 fully saturated rings. The molecule has 0 amide bonds. The second-order valence-electron chi connectivity index (χ2n) is 5.21. The molecule has 0 unspecified atom stereocenters. The van der Waals surface area contributed by atoms with Gasteiger partial charge >= 0.3 is 5.97 Å². The zero-order valence-electron chi connectivity index (χ0n) is 12.0. The zero-order valence-corrected chi connectivity index (χ0v) is 13.5. The van der Waals surface area contributed by atoms with Gasteiger partial charge in [0, 0.05) is 5.56 Å². The van der Waals surface area contributed by atoms with Crippen LogP contribution in [0.4, 0.5) is 0 Å². The summed E-state index contributed by atoms with van der Waals surface area (Å²) in [4.78, 5) is 11.9. The number of carboxylic acids is 1. The predicted octanol–water partition coefficient (Wildman–Crippen LogP) is 3.67. The molecule has 1 saturated carbocycles. The van der Waals surface area contributed by atoms with Gasteiger partial charge in [0.15, 0.2) is 11.5 Å². The van der Waals surface area contributed by atoms with Gasteiger partial charge < -0.3 is 14.6 Å². The number of aryl methyl sites for hydroxylation is 1. The van der Waals surface area contributed by atoms with Crippen LogP contribution >= 0.6 is 15.9 Å². The van der Waals surface area contributed by atoms with Crippen LogP contribution in [0, 0.1) is 6.92 Å². The van der Waals surface area contributed by atoms with Gasteiger partial charge in [-0.1, -0.05) is 12.8 Å². The largest absolute Gasteiger partial charge is 0.492 e. The molecule has 0 aromatic heterocycles. The highest BCUT2D eigenvalue weighted by molar-refractivity contribution is 9.10. The van der Waals surface area contributed by atoms with Crippen LogP contribution in [0.2, 0.25) is 0 Å². The molecule has 0 saturated heterocycles. The first kappa shape index (κ1) is 15.2. The van der Waals surface area contributed by atoms with Crippen LogP contribution < -0.4 is 9.47 Å². The first-order valence-corrected chi connectivity index (χ1v) is 7.42. The summed E-state index contributed by atoms with van der Waals surface area (Å²) in [5.74, 6) is 0.310. The molecular weight excluding hydrogens is 324 g/mol. The molecule has 1 N–H and O–H groups in total. The van der Waals surface area contributed by atoms with E-state index >= 15 is 0 Å². The van der Waals surface area contributed by atoms with Gasteiger partial charge in [-0.15, -0.1) is 0 Å². The third kappa shape index (κ3) is 2.18. The molecule has 1 aromatic carbocycles. The summed E-state index contributed by atoms with van der Waals surface area (Å²) in [5, 5.41) is 9.79. The second kappa shape index (κ2) is 5.64. The normalized spacial score (nSPS) is 17.0. The summed E-state index contributed by atoms with van der Waals surface area (Å²) in [6, 6.07) is 1.90. The van der Waals surface area contributed by atoms with Crippen LogP contribution in [0.25, 0.3) is 0 Å². The van der Waals surface area contributed by atoms with Crippen molar-refractivity contribution >= 4 is 21.9 Å². The van der Waals surface area contributed by atoms with Crippen molar-refractivity contribution in [3.05, 3.63) is 21.7 Å². The van der Waals surface area contributed by atoms with Crippen molar-refractivity contribution < 1.29 is 19.4 Å². The number of methoxy groups -OCH3 is 2. The number of ether oxygens (including phenoxy) is 2. The van der Waals surface area contributed by atoms with Crippen LogP contribution in [-0.4, -0.2) is 25.3 Å². The molecule has 0 heterocycles. The highest BCUT2D eigenvalue weighted by atomic mass is 79.9. The van der Waals surface area contributed by atoms with E-state index in [1.165, 1.54) is 0 Å². The monoisotopic (exact) mass is 342 g/mol. The number of carbonyl (C=O) groups is 1. The van der Waals surface area contributed by atoms with Gasteiger partial charge in [0.2, 0.25) is 0 Å². The van der Waals surface area contributed by atoms with Crippen LogP contribution in [0.5, 0.6) is 11.5 Å². The number of benzene rings is 1. The van der Waals surface area contributed by atoms with E-state index < -0.39 is 11.4 Å². The molecule has 2 rings (SSSR count). The molecule has 0 bridgehead atoms. The molecule has 5 heteroatoms. The minimum atomic E-state index is -0.858. The van der Waals surface area contributed by atoms with Gasteiger partial charge in [-0.05, 0) is 47.3 Å². The molecule has 110 valence electrons. The Morgan fingerprint density at radius 3 is 2.25 bits per heavy atom. The molecule has 20 heavy (non-hydrogen) atoms. The predicted molar refractivity (Wildman–Crippen MR) is 79.8 cm³/mol. The lowest BCUT2D eigenvalue weighted by Crippen LogP contribution is -2.34. The number of hydrogen-bond donors (Lipinski definition) is 1. The van der Waals surface area contributed by atoms with Crippen molar-refractivity contribution in [2.75, 3.05) is 14.2 Å². The van der Waals surface area contributed by atoms with Gasteiger partial charge in [-0.2, -0.15) is 0 Å². The maximum atomic E-state index is 11.9. The van der Waals surface area contributed by atoms with E-state index in [4.69, 9.17) is 9.47 Å². The fourth-order valence-electron chi connectivity index (χ4n) is 3.26. The van der Waals surface area contributed by atoms with Crippen molar-refractivity contribution in [1.82, 2.24) is 0 Å². The molecule has 1 aliphatic carbocycles. The van der Waals surface area contributed by atoms with E-state index in [2.05, 4.69) is 15.9 Å². The van der Waals surface area contributed by atoms with Gasteiger partial charge in [0.05, 0.1) is 24.1 Å². The fourth-order valence-corrected chi connectivity index (χ4v) is 3.94. The minimum Gasteiger partial charge on any atom is -0.492 e. The van der Waals surface area contributed by atoms with Gasteiger partial charge in [0.1, 0.15) is 0 Å². The lowest BCUT2D eigenvalue weighted by molar-refractivity contribution is -0.143. The summed E-state index contributed by atoms with van der Waals surface area (Å²) >= 11 is 3.44. The Balaban J connectivity index is 2.75. The topological polar surface area (TPSA) is 55.8 Å². The van der Waals surface area contributed by atoms with E-state index in [-0.39, 0.29) is 0 Å². The summed E-state index contributed by atoms with van der Waals surface area (Å²) in [5.41, 5.74) is 0.813. The van der Waals surface area contributed by atoms with Crippen molar-refractivity contribution in [3.8, 4) is 11.5 Å². The van der Waals surface area contributed by atoms with E-state index in [9.17, 15) is 9.90 Å². The first-order valence-electron chi connectivity index (χ1n) is 6.63. The fraction of sp³-hybridized carbons (Fsp3) is 0.533. The van der Waals surface area contributed by atoms with Crippen molar-refractivity contribution in [3.63, 3.8) is 0 Å². The Kier molecular flexibility index (Phi) is 4.28. The lowest BCUT2D eigenvalue weighted by Gasteiger charge is -2.29. The highest BCUT2D eigenvalue weighted by Crippen LogP contribution is 2.51. The minimum absolute atomic E-state index is 0.531. The van der Waals surface area contributed by atoms with E-state index in [0.717, 1.165) is 28.4 Å². The van der Waals surface area contributed by atoms with Crippen molar-refractivity contribution in [1.29, 1.82) is 0 Å². The van der Waals surface area contributed by atoms with Crippen LogP contribution in [-0.2, 0) is 10.2 Å². The number of rotatable bonds is 4. The number of carboxylic acid groups (broad SMARTS) is 1. The van der Waals surface area contributed by atoms with E-state index in [1.54, 1.807) is 14.2 Å².